The van der Waals surface area contributed by atoms with Gasteiger partial charge in [0.2, 0.25) is 17.8 Å². The highest BCUT2D eigenvalue weighted by Crippen LogP contribution is 2.17. The maximum atomic E-state index is 13.1. The van der Waals surface area contributed by atoms with Crippen molar-refractivity contribution in [2.45, 2.75) is 51.2 Å². The van der Waals surface area contributed by atoms with Crippen LogP contribution in [0.4, 0.5) is 5.69 Å². The van der Waals surface area contributed by atoms with Crippen LogP contribution in [0, 0.1) is 18.4 Å². The van der Waals surface area contributed by atoms with Gasteiger partial charge in [0.05, 0.1) is 12.6 Å². The molecule has 166 valence electrons. The number of benzene rings is 1. The predicted octanol–water partition coefficient (Wildman–Crippen LogP) is 1.20. The van der Waals surface area contributed by atoms with Gasteiger partial charge in [-0.2, -0.15) is 5.26 Å². The molecule has 9 heteroatoms. The van der Waals surface area contributed by atoms with Crippen molar-refractivity contribution in [3.63, 3.8) is 0 Å². The molecule has 0 radical (unpaired) electrons. The van der Waals surface area contributed by atoms with E-state index in [-0.39, 0.29) is 30.4 Å². The summed E-state index contributed by atoms with van der Waals surface area (Å²) >= 11 is 0. The molecule has 2 amide bonds. The van der Waals surface area contributed by atoms with E-state index in [1.54, 1.807) is 9.80 Å². The Hall–Kier alpha value is -3.12. The minimum absolute atomic E-state index is 0.0211. The highest BCUT2D eigenvalue weighted by atomic mass is 16.3. The molecule has 1 unspecified atom stereocenters. The van der Waals surface area contributed by atoms with E-state index in [4.69, 9.17) is 5.26 Å². The summed E-state index contributed by atoms with van der Waals surface area (Å²) in [4.78, 5) is 33.6. The second-order valence-electron chi connectivity index (χ2n) is 8.09. The number of piperidine rings is 1. The van der Waals surface area contributed by atoms with E-state index in [2.05, 4.69) is 15.6 Å². The molecule has 9 nitrogen and oxygen atoms in total. The highest BCUT2D eigenvalue weighted by molar-refractivity contribution is 5.97. The van der Waals surface area contributed by atoms with Gasteiger partial charge in [0.1, 0.15) is 6.04 Å². The molecule has 0 aliphatic carbocycles. The van der Waals surface area contributed by atoms with Gasteiger partial charge < -0.3 is 20.2 Å². The lowest BCUT2D eigenvalue weighted by molar-refractivity contribution is -0.142. The van der Waals surface area contributed by atoms with Crippen molar-refractivity contribution in [2.24, 2.45) is 4.99 Å². The first-order chi connectivity index (χ1) is 15.0. The second-order valence-corrected chi connectivity index (χ2v) is 8.09. The first-order valence-corrected chi connectivity index (χ1v) is 10.8. The number of nitrogens with one attached hydrogen (secondary N) is 2. The van der Waals surface area contributed by atoms with Crippen molar-refractivity contribution >= 4 is 23.5 Å². The maximum absolute atomic E-state index is 13.1. The highest BCUT2D eigenvalue weighted by Gasteiger charge is 2.30. The summed E-state index contributed by atoms with van der Waals surface area (Å²) in [6.07, 6.45) is 4.82. The molecule has 1 aromatic carbocycles. The van der Waals surface area contributed by atoms with Gasteiger partial charge in [-0.3, -0.25) is 14.9 Å². The molecule has 1 aromatic rings. The van der Waals surface area contributed by atoms with E-state index in [1.807, 2.05) is 37.4 Å². The topological polar surface area (TPSA) is 121 Å². The van der Waals surface area contributed by atoms with Gasteiger partial charge in [0.15, 0.2) is 6.19 Å². The summed E-state index contributed by atoms with van der Waals surface area (Å²) in [6, 6.07) is 6.98. The molecule has 3 N–H and O–H groups in total. The molecule has 1 atom stereocenters. The Labute approximate surface area is 182 Å². The Morgan fingerprint density at radius 2 is 2.03 bits per heavy atom. The zero-order valence-electron chi connectivity index (χ0n) is 17.9. The Kier molecular flexibility index (Phi) is 7.84. The number of hydrogen-bond acceptors (Lipinski definition) is 5. The molecule has 0 saturated carbocycles. The average Bonchev–Trinajstić information content (AvgIpc) is 2.90. The quantitative estimate of drug-likeness (QED) is 0.288. The fraction of sp³-hybridized carbons (Fsp3) is 0.545. The zero-order chi connectivity index (χ0) is 22.2. The number of amides is 2. The number of aryl methyl sites for hydroxylation is 1. The number of guanidine groups is 1. The zero-order valence-corrected chi connectivity index (χ0v) is 17.9. The molecule has 0 spiro atoms. The number of nitriles is 1. The number of nitrogens with zero attached hydrogens (tertiary/aromatic N) is 4. The molecule has 2 fully saturated rings. The summed E-state index contributed by atoms with van der Waals surface area (Å²) in [5.41, 5.74) is 1.82. The van der Waals surface area contributed by atoms with E-state index in [0.29, 0.717) is 38.9 Å². The van der Waals surface area contributed by atoms with E-state index in [0.717, 1.165) is 24.1 Å². The standard InChI is InChI=1S/C22H30N6O3/c1-16-5-4-6-17(13-16)25-22(24-15-23)26-19-7-2-3-10-28(21(19)31)14-20(30)27-11-8-18(29)9-12-27/h4-6,13,18-19,29H,2-3,7-12,14H2,1H3,(H2,24,25,26). The average molecular weight is 427 g/mol. The summed E-state index contributed by atoms with van der Waals surface area (Å²) in [5.74, 6) is -0.0889. The summed E-state index contributed by atoms with van der Waals surface area (Å²) in [5, 5.41) is 24.3. The largest absolute Gasteiger partial charge is 0.393 e. The number of likely N-dealkylation sites (tertiary alicyclic amines) is 2. The molecule has 2 saturated heterocycles. The van der Waals surface area contributed by atoms with Crippen LogP contribution < -0.4 is 10.6 Å². The van der Waals surface area contributed by atoms with Crippen LogP contribution in [-0.2, 0) is 9.59 Å². The maximum Gasteiger partial charge on any atom is 0.247 e. The molecule has 3 rings (SSSR count). The number of rotatable bonds is 4. The monoisotopic (exact) mass is 426 g/mol. The first-order valence-electron chi connectivity index (χ1n) is 10.8. The van der Waals surface area contributed by atoms with Gasteiger partial charge in [-0.05, 0) is 56.7 Å². The third kappa shape index (κ3) is 6.43. The predicted molar refractivity (Wildman–Crippen MR) is 117 cm³/mol. The van der Waals surface area contributed by atoms with Gasteiger partial charge >= 0.3 is 0 Å². The van der Waals surface area contributed by atoms with Crippen LogP contribution in [0.2, 0.25) is 0 Å². The fourth-order valence-electron chi connectivity index (χ4n) is 3.90. The number of aliphatic hydroxyl groups excluding tert-OH is 1. The van der Waals surface area contributed by atoms with E-state index in [1.165, 1.54) is 0 Å². The number of aliphatic imine (C=N–C) groups is 1. The first kappa shape index (κ1) is 22.6. The normalized spacial score (nSPS) is 20.7. The van der Waals surface area contributed by atoms with Crippen molar-refractivity contribution in [1.82, 2.24) is 15.1 Å². The third-order valence-electron chi connectivity index (χ3n) is 5.64. The van der Waals surface area contributed by atoms with E-state index < -0.39 is 6.04 Å². The fourth-order valence-corrected chi connectivity index (χ4v) is 3.90. The van der Waals surface area contributed by atoms with Crippen LogP contribution in [0.5, 0.6) is 0 Å². The van der Waals surface area contributed by atoms with Crippen molar-refractivity contribution in [1.29, 1.82) is 5.26 Å². The molecule has 2 aliphatic rings. The summed E-state index contributed by atoms with van der Waals surface area (Å²) in [6.45, 7) is 3.53. The molecule has 0 aromatic heterocycles. The van der Waals surface area contributed by atoms with Gasteiger partial charge in [-0.15, -0.1) is 0 Å². The number of carbonyl (C=O) groups is 2. The van der Waals surface area contributed by atoms with Crippen molar-refractivity contribution in [3.8, 4) is 6.19 Å². The van der Waals surface area contributed by atoms with Gasteiger partial charge in [-0.25, -0.2) is 4.99 Å². The van der Waals surface area contributed by atoms with Gasteiger partial charge in [-0.1, -0.05) is 12.1 Å². The van der Waals surface area contributed by atoms with Crippen LogP contribution in [0.25, 0.3) is 0 Å². The Morgan fingerprint density at radius 3 is 2.74 bits per heavy atom. The minimum Gasteiger partial charge on any atom is -0.393 e. The SMILES string of the molecule is Cc1cccc(NC(=NC2CCCCN(CC(=O)N3CCC(O)CC3)C2=O)NC#N)c1. The van der Waals surface area contributed by atoms with Crippen LogP contribution in [0.3, 0.4) is 0 Å². The lowest BCUT2D eigenvalue weighted by Gasteiger charge is -2.32. The van der Waals surface area contributed by atoms with E-state index in [9.17, 15) is 14.7 Å². The van der Waals surface area contributed by atoms with Crippen molar-refractivity contribution in [2.75, 3.05) is 31.5 Å². The number of carbonyl (C=O) groups excluding carboxylic acids is 2. The lowest BCUT2D eigenvalue weighted by atomic mass is 10.1. The minimum atomic E-state index is -0.661. The summed E-state index contributed by atoms with van der Waals surface area (Å²) in [7, 11) is 0. The lowest BCUT2D eigenvalue weighted by Crippen LogP contribution is -2.48. The molecule has 0 bridgehead atoms. The summed E-state index contributed by atoms with van der Waals surface area (Å²) < 4.78 is 0. The number of hydrogen-bond donors (Lipinski definition) is 3. The number of aliphatic hydroxyl groups is 1. The molecule has 2 aliphatic heterocycles. The van der Waals surface area contributed by atoms with Gasteiger partial charge in [0.25, 0.3) is 0 Å². The van der Waals surface area contributed by atoms with Crippen LogP contribution in [0.15, 0.2) is 29.3 Å². The molecular weight excluding hydrogens is 396 g/mol. The van der Waals surface area contributed by atoms with Crippen molar-refractivity contribution in [3.05, 3.63) is 29.8 Å². The Morgan fingerprint density at radius 1 is 1.26 bits per heavy atom. The van der Waals surface area contributed by atoms with Crippen LogP contribution in [-0.4, -0.2) is 71.0 Å². The molecule has 31 heavy (non-hydrogen) atoms. The van der Waals surface area contributed by atoms with E-state index >= 15 is 0 Å². The second kappa shape index (κ2) is 10.8. The van der Waals surface area contributed by atoms with Gasteiger partial charge in [0, 0.05) is 25.3 Å². The molecular formula is C22H30N6O3. The van der Waals surface area contributed by atoms with Crippen molar-refractivity contribution < 1.29 is 14.7 Å². The third-order valence-corrected chi connectivity index (χ3v) is 5.64. The Bertz CT molecular complexity index is 857. The molecule has 2 heterocycles. The van der Waals surface area contributed by atoms with Crippen LogP contribution >= 0.6 is 0 Å². The Balaban J connectivity index is 1.69. The number of anilines is 1. The smallest absolute Gasteiger partial charge is 0.247 e. The van der Waals surface area contributed by atoms with Crippen LogP contribution in [0.1, 0.15) is 37.7 Å².